The Labute approximate surface area is 113 Å². The predicted octanol–water partition coefficient (Wildman–Crippen LogP) is 1.34. The number of carbonyl (C=O) groups excluding carboxylic acids is 1. The molecule has 0 spiro atoms. The minimum atomic E-state index is -0.992. The number of aromatic amines is 1. The van der Waals surface area contributed by atoms with Crippen molar-refractivity contribution in [3.63, 3.8) is 0 Å². The maximum absolute atomic E-state index is 13.1. The van der Waals surface area contributed by atoms with Crippen LogP contribution in [0.4, 0.5) is 14.5 Å². The number of nitrogens with zero attached hydrogens (tertiary/aromatic N) is 1. The van der Waals surface area contributed by atoms with Crippen LogP contribution >= 0.6 is 0 Å². The van der Waals surface area contributed by atoms with Gasteiger partial charge in [-0.25, -0.2) is 13.8 Å². The van der Waals surface area contributed by atoms with E-state index in [9.17, 15) is 13.6 Å². The van der Waals surface area contributed by atoms with Crippen molar-refractivity contribution in [3.05, 3.63) is 47.5 Å². The molecule has 0 bridgehead atoms. The van der Waals surface area contributed by atoms with Gasteiger partial charge in [0.2, 0.25) is 5.91 Å². The first kappa shape index (κ1) is 12.7. The molecular formula is C13H12F2N4O. The van der Waals surface area contributed by atoms with Gasteiger partial charge in [-0.05, 0) is 12.1 Å². The summed E-state index contributed by atoms with van der Waals surface area (Å²) in [5.41, 5.74) is 2.03. The molecule has 1 amide bonds. The molecule has 1 atom stereocenters. The molecule has 0 aliphatic carbocycles. The molecule has 1 aromatic carbocycles. The third-order valence-electron chi connectivity index (χ3n) is 3.23. The van der Waals surface area contributed by atoms with Gasteiger partial charge in [-0.3, -0.25) is 10.1 Å². The molecule has 0 saturated carbocycles. The minimum Gasteiger partial charge on any atom is -0.347 e. The summed E-state index contributed by atoms with van der Waals surface area (Å²) in [5.74, 6) is -2.24. The van der Waals surface area contributed by atoms with E-state index in [1.165, 1.54) is 6.07 Å². The van der Waals surface area contributed by atoms with Crippen LogP contribution in [0.1, 0.15) is 11.4 Å². The van der Waals surface area contributed by atoms with Crippen LogP contribution in [0.2, 0.25) is 0 Å². The van der Waals surface area contributed by atoms with Crippen LogP contribution < -0.4 is 10.6 Å². The molecule has 5 nitrogen and oxygen atoms in total. The molecule has 1 unspecified atom stereocenters. The highest BCUT2D eigenvalue weighted by atomic mass is 19.2. The number of benzene rings is 1. The fourth-order valence-electron chi connectivity index (χ4n) is 2.16. The third kappa shape index (κ3) is 2.39. The highest BCUT2D eigenvalue weighted by molar-refractivity contribution is 5.95. The molecule has 0 radical (unpaired) electrons. The molecule has 20 heavy (non-hydrogen) atoms. The van der Waals surface area contributed by atoms with Crippen molar-refractivity contribution in [3.8, 4) is 0 Å². The second-order valence-electron chi connectivity index (χ2n) is 4.58. The quantitative estimate of drug-likeness (QED) is 0.776. The van der Waals surface area contributed by atoms with Gasteiger partial charge in [0.1, 0.15) is 0 Å². The van der Waals surface area contributed by atoms with Gasteiger partial charge in [-0.1, -0.05) is 0 Å². The number of amides is 1. The summed E-state index contributed by atoms with van der Waals surface area (Å²) >= 11 is 0. The summed E-state index contributed by atoms with van der Waals surface area (Å²) in [6.45, 7) is 0.519. The number of imidazole rings is 1. The fourth-order valence-corrected chi connectivity index (χ4v) is 2.16. The summed E-state index contributed by atoms with van der Waals surface area (Å²) in [4.78, 5) is 19.2. The number of anilines is 1. The van der Waals surface area contributed by atoms with Crippen molar-refractivity contribution >= 4 is 11.6 Å². The molecule has 1 aliphatic rings. The van der Waals surface area contributed by atoms with Gasteiger partial charge >= 0.3 is 0 Å². The number of halogens is 2. The van der Waals surface area contributed by atoms with Crippen LogP contribution in [0.25, 0.3) is 0 Å². The molecule has 104 valence electrons. The Bertz CT molecular complexity index is 656. The molecule has 3 rings (SSSR count). The molecule has 0 saturated heterocycles. The van der Waals surface area contributed by atoms with Gasteiger partial charge in [0.05, 0.1) is 23.8 Å². The fraction of sp³-hybridized carbons (Fsp3) is 0.231. The third-order valence-corrected chi connectivity index (χ3v) is 3.23. The Hall–Kier alpha value is -2.28. The Kier molecular flexibility index (Phi) is 3.19. The van der Waals surface area contributed by atoms with E-state index in [1.807, 2.05) is 0 Å². The molecule has 7 heteroatoms. The van der Waals surface area contributed by atoms with E-state index in [2.05, 4.69) is 20.6 Å². The van der Waals surface area contributed by atoms with Crippen molar-refractivity contribution in [2.75, 3.05) is 5.32 Å². The lowest BCUT2D eigenvalue weighted by molar-refractivity contribution is -0.118. The normalized spacial score (nSPS) is 17.6. The second-order valence-corrected chi connectivity index (χ2v) is 4.58. The van der Waals surface area contributed by atoms with Crippen molar-refractivity contribution in [2.24, 2.45) is 0 Å². The lowest BCUT2D eigenvalue weighted by Gasteiger charge is -2.22. The zero-order chi connectivity index (χ0) is 14.1. The summed E-state index contributed by atoms with van der Waals surface area (Å²) < 4.78 is 25.9. The lowest BCUT2D eigenvalue weighted by Crippen LogP contribution is -2.44. The van der Waals surface area contributed by atoms with Gasteiger partial charge in [-0.2, -0.15) is 0 Å². The Morgan fingerprint density at radius 1 is 1.35 bits per heavy atom. The number of nitrogens with one attached hydrogen (secondary N) is 3. The summed E-state index contributed by atoms with van der Waals surface area (Å²) in [7, 11) is 0. The second kappa shape index (κ2) is 5.01. The van der Waals surface area contributed by atoms with E-state index in [4.69, 9.17) is 0 Å². The van der Waals surface area contributed by atoms with Crippen LogP contribution in [0, 0.1) is 11.6 Å². The Morgan fingerprint density at radius 3 is 3.00 bits per heavy atom. The van der Waals surface area contributed by atoms with Crippen LogP contribution in [0.3, 0.4) is 0 Å². The lowest BCUT2D eigenvalue weighted by atomic mass is 10.0. The van der Waals surface area contributed by atoms with Gasteiger partial charge in [0.25, 0.3) is 0 Å². The average molecular weight is 278 g/mol. The largest absolute Gasteiger partial charge is 0.347 e. The Balaban J connectivity index is 1.69. The first-order valence-electron chi connectivity index (χ1n) is 6.14. The number of carbonyl (C=O) groups is 1. The van der Waals surface area contributed by atoms with E-state index in [1.54, 1.807) is 6.33 Å². The van der Waals surface area contributed by atoms with Crippen LogP contribution in [0.5, 0.6) is 0 Å². The van der Waals surface area contributed by atoms with Crippen molar-refractivity contribution in [2.45, 2.75) is 19.0 Å². The van der Waals surface area contributed by atoms with Crippen LogP contribution in [-0.2, 0) is 17.8 Å². The molecule has 2 aromatic rings. The monoisotopic (exact) mass is 278 g/mol. The topological polar surface area (TPSA) is 69.8 Å². The van der Waals surface area contributed by atoms with Gasteiger partial charge < -0.3 is 10.3 Å². The van der Waals surface area contributed by atoms with Crippen LogP contribution in [-0.4, -0.2) is 21.9 Å². The van der Waals surface area contributed by atoms with Gasteiger partial charge in [0, 0.05) is 24.7 Å². The molecule has 1 aliphatic heterocycles. The molecule has 3 N–H and O–H groups in total. The maximum Gasteiger partial charge on any atom is 0.241 e. The standard InChI is InChI=1S/C13H12F2N4O/c14-8-2-1-7(3-9(8)15)19-13(20)11-4-10-12(5-16-11)18-6-17-10/h1-3,6,11,16H,4-5H2,(H,17,18)(H,19,20). The number of aromatic nitrogens is 2. The smallest absolute Gasteiger partial charge is 0.241 e. The zero-order valence-electron chi connectivity index (χ0n) is 10.4. The highest BCUT2D eigenvalue weighted by Crippen LogP contribution is 2.16. The number of hydrogen-bond acceptors (Lipinski definition) is 3. The molecular weight excluding hydrogens is 266 g/mol. The van der Waals surface area contributed by atoms with Gasteiger partial charge in [-0.15, -0.1) is 0 Å². The van der Waals surface area contributed by atoms with Crippen molar-refractivity contribution < 1.29 is 13.6 Å². The van der Waals surface area contributed by atoms with E-state index >= 15 is 0 Å². The average Bonchev–Trinajstić information content (AvgIpc) is 2.90. The molecule has 1 aromatic heterocycles. The number of rotatable bonds is 2. The molecule has 2 heterocycles. The predicted molar refractivity (Wildman–Crippen MR) is 67.9 cm³/mol. The number of H-pyrrole nitrogens is 1. The minimum absolute atomic E-state index is 0.225. The van der Waals surface area contributed by atoms with E-state index in [0.29, 0.717) is 13.0 Å². The summed E-state index contributed by atoms with van der Waals surface area (Å²) in [6.07, 6.45) is 2.04. The van der Waals surface area contributed by atoms with E-state index < -0.39 is 17.7 Å². The highest BCUT2D eigenvalue weighted by Gasteiger charge is 2.25. The summed E-state index contributed by atoms with van der Waals surface area (Å²) in [6, 6.07) is 2.80. The Morgan fingerprint density at radius 2 is 2.20 bits per heavy atom. The summed E-state index contributed by atoms with van der Waals surface area (Å²) in [5, 5.41) is 5.61. The number of hydrogen-bond donors (Lipinski definition) is 3. The first-order chi connectivity index (χ1) is 9.63. The maximum atomic E-state index is 13.1. The number of fused-ring (bicyclic) bond motifs is 1. The van der Waals surface area contributed by atoms with Crippen LogP contribution in [0.15, 0.2) is 24.5 Å². The first-order valence-corrected chi connectivity index (χ1v) is 6.14. The van der Waals surface area contributed by atoms with Crippen molar-refractivity contribution in [1.29, 1.82) is 0 Å². The van der Waals surface area contributed by atoms with Gasteiger partial charge in [0.15, 0.2) is 11.6 Å². The molecule has 0 fully saturated rings. The van der Waals surface area contributed by atoms with Crippen molar-refractivity contribution in [1.82, 2.24) is 15.3 Å². The van der Waals surface area contributed by atoms with E-state index in [-0.39, 0.29) is 11.6 Å². The zero-order valence-corrected chi connectivity index (χ0v) is 10.4. The van der Waals surface area contributed by atoms with E-state index in [0.717, 1.165) is 23.5 Å². The SMILES string of the molecule is O=C(Nc1ccc(F)c(F)c1)C1Cc2nc[nH]c2CN1.